The summed E-state index contributed by atoms with van der Waals surface area (Å²) in [6.45, 7) is 5.27. The molecule has 0 bridgehead atoms. The van der Waals surface area contributed by atoms with E-state index in [2.05, 4.69) is 10.2 Å². The van der Waals surface area contributed by atoms with E-state index in [0.29, 0.717) is 17.0 Å². The largest absolute Gasteiger partial charge is 0.477 e. The summed E-state index contributed by atoms with van der Waals surface area (Å²) in [4.78, 5) is 15.1. The molecule has 0 saturated carbocycles. The predicted molar refractivity (Wildman–Crippen MR) is 75.9 cm³/mol. The summed E-state index contributed by atoms with van der Waals surface area (Å²) in [6, 6.07) is 3.10. The Morgan fingerprint density at radius 1 is 1.53 bits per heavy atom. The summed E-state index contributed by atoms with van der Waals surface area (Å²) in [7, 11) is 0. The molecule has 3 rings (SSSR count). The number of hydrogen-bond acceptors (Lipinski definition) is 4. The van der Waals surface area contributed by atoms with Crippen LogP contribution in [0.15, 0.2) is 6.07 Å². The number of carboxylic acid groups (broad SMARTS) is 1. The van der Waals surface area contributed by atoms with Crippen LogP contribution in [0.3, 0.4) is 0 Å². The summed E-state index contributed by atoms with van der Waals surface area (Å²) in [5.41, 5.74) is 1.14. The Hall–Kier alpha value is -0.910. The first-order valence-electron chi connectivity index (χ1n) is 6.95. The van der Waals surface area contributed by atoms with Gasteiger partial charge in [-0.1, -0.05) is 0 Å². The van der Waals surface area contributed by atoms with Gasteiger partial charge in [-0.25, -0.2) is 4.79 Å². The second-order valence-electron chi connectivity index (χ2n) is 5.52. The Balaban J connectivity index is 1.61. The van der Waals surface area contributed by atoms with Crippen LogP contribution in [0.25, 0.3) is 0 Å². The van der Waals surface area contributed by atoms with Gasteiger partial charge in [0.15, 0.2) is 0 Å². The molecule has 4 nitrogen and oxygen atoms in total. The normalized spacial score (nSPS) is 26.8. The Morgan fingerprint density at radius 3 is 3.11 bits per heavy atom. The van der Waals surface area contributed by atoms with E-state index in [1.807, 2.05) is 13.0 Å². The average molecular weight is 280 g/mol. The maximum atomic E-state index is 11.0. The van der Waals surface area contributed by atoms with Crippen LogP contribution >= 0.6 is 11.3 Å². The van der Waals surface area contributed by atoms with Gasteiger partial charge in [0.2, 0.25) is 0 Å². The summed E-state index contributed by atoms with van der Waals surface area (Å²) >= 11 is 1.37. The highest BCUT2D eigenvalue weighted by atomic mass is 32.1. The fourth-order valence-corrected chi connectivity index (χ4v) is 4.24. The summed E-state index contributed by atoms with van der Waals surface area (Å²) < 4.78 is 0. The van der Waals surface area contributed by atoms with Gasteiger partial charge in [-0.2, -0.15) is 0 Å². The minimum Gasteiger partial charge on any atom is -0.477 e. The number of aryl methyl sites for hydroxylation is 1. The van der Waals surface area contributed by atoms with Gasteiger partial charge < -0.3 is 10.4 Å². The van der Waals surface area contributed by atoms with E-state index >= 15 is 0 Å². The highest BCUT2D eigenvalue weighted by molar-refractivity contribution is 7.14. The summed E-state index contributed by atoms with van der Waals surface area (Å²) in [5, 5.41) is 12.6. The van der Waals surface area contributed by atoms with Crippen molar-refractivity contribution in [3.63, 3.8) is 0 Å². The van der Waals surface area contributed by atoms with Crippen molar-refractivity contribution in [2.45, 2.75) is 44.8 Å². The lowest BCUT2D eigenvalue weighted by atomic mass is 10.1. The van der Waals surface area contributed by atoms with Gasteiger partial charge in [0.1, 0.15) is 4.88 Å². The van der Waals surface area contributed by atoms with Crippen LogP contribution in [0.2, 0.25) is 0 Å². The summed E-state index contributed by atoms with van der Waals surface area (Å²) in [6.07, 6.45) is 3.85. The van der Waals surface area contributed by atoms with Crippen molar-refractivity contribution in [1.82, 2.24) is 10.2 Å². The first kappa shape index (κ1) is 13.1. The number of carbonyl (C=O) groups is 1. The molecule has 0 aliphatic carbocycles. The van der Waals surface area contributed by atoms with Gasteiger partial charge in [0.05, 0.1) is 0 Å². The molecule has 5 heteroatoms. The first-order chi connectivity index (χ1) is 9.15. The number of nitrogens with zero attached hydrogens (tertiary/aromatic N) is 1. The fraction of sp³-hybridized carbons (Fsp3) is 0.643. The van der Waals surface area contributed by atoms with Crippen LogP contribution in [-0.2, 0) is 6.54 Å². The highest BCUT2D eigenvalue weighted by Gasteiger charge is 2.36. The predicted octanol–water partition coefficient (Wildman–Crippen LogP) is 2.08. The molecule has 2 saturated heterocycles. The van der Waals surface area contributed by atoms with E-state index in [1.54, 1.807) is 0 Å². The molecule has 19 heavy (non-hydrogen) atoms. The van der Waals surface area contributed by atoms with Gasteiger partial charge in [-0.15, -0.1) is 11.3 Å². The number of nitrogens with one attached hydrogen (secondary N) is 1. The van der Waals surface area contributed by atoms with Crippen LogP contribution in [0.4, 0.5) is 0 Å². The van der Waals surface area contributed by atoms with E-state index in [4.69, 9.17) is 5.11 Å². The highest BCUT2D eigenvalue weighted by Crippen LogP contribution is 2.28. The standard InChI is InChI=1S/C14H20N2O2S/c1-9-10(7-13(19-9)14(17)18)8-15-11-4-6-16-5-2-3-12(11)16/h7,11-12,15H,2-6,8H2,1H3,(H,17,18). The average Bonchev–Trinajstić information content (AvgIpc) is 3.02. The number of fused-ring (bicyclic) bond motifs is 1. The number of thiophene rings is 1. The lowest BCUT2D eigenvalue weighted by molar-refractivity contribution is 0.0702. The lowest BCUT2D eigenvalue weighted by Crippen LogP contribution is -2.38. The Bertz CT molecular complexity index is 486. The molecule has 104 valence electrons. The molecule has 1 aromatic rings. The number of aromatic carboxylic acids is 1. The van der Waals surface area contributed by atoms with Crippen LogP contribution in [0.5, 0.6) is 0 Å². The molecule has 2 unspecified atom stereocenters. The Morgan fingerprint density at radius 2 is 2.37 bits per heavy atom. The molecule has 2 fully saturated rings. The maximum Gasteiger partial charge on any atom is 0.345 e. The van der Waals surface area contributed by atoms with Crippen LogP contribution in [0.1, 0.15) is 39.4 Å². The molecule has 2 atom stereocenters. The van der Waals surface area contributed by atoms with Gasteiger partial charge >= 0.3 is 5.97 Å². The second-order valence-corrected chi connectivity index (χ2v) is 6.78. The first-order valence-corrected chi connectivity index (χ1v) is 7.77. The van der Waals surface area contributed by atoms with Gasteiger partial charge in [0.25, 0.3) is 0 Å². The van der Waals surface area contributed by atoms with E-state index in [9.17, 15) is 4.79 Å². The minimum atomic E-state index is -0.817. The van der Waals surface area contributed by atoms with Crippen LogP contribution in [-0.4, -0.2) is 41.1 Å². The molecule has 0 radical (unpaired) electrons. The van der Waals surface area contributed by atoms with Crippen molar-refractivity contribution in [2.75, 3.05) is 13.1 Å². The molecule has 2 aliphatic heterocycles. The van der Waals surface area contributed by atoms with Crippen LogP contribution in [0, 0.1) is 6.92 Å². The van der Waals surface area contributed by atoms with E-state index in [1.165, 1.54) is 43.7 Å². The monoisotopic (exact) mass is 280 g/mol. The number of carboxylic acids is 1. The third kappa shape index (κ3) is 2.55. The SMILES string of the molecule is Cc1sc(C(=O)O)cc1CNC1CCN2CCCC12. The maximum absolute atomic E-state index is 11.0. The van der Waals surface area contributed by atoms with Crippen molar-refractivity contribution in [3.05, 3.63) is 21.4 Å². The Labute approximate surface area is 117 Å². The lowest BCUT2D eigenvalue weighted by Gasteiger charge is -2.21. The molecule has 0 aromatic carbocycles. The smallest absolute Gasteiger partial charge is 0.345 e. The molecule has 1 aromatic heterocycles. The van der Waals surface area contributed by atoms with E-state index < -0.39 is 5.97 Å². The fourth-order valence-electron chi connectivity index (χ4n) is 3.36. The molecule has 2 aliphatic rings. The quantitative estimate of drug-likeness (QED) is 0.886. The minimum absolute atomic E-state index is 0.447. The summed E-state index contributed by atoms with van der Waals surface area (Å²) in [5.74, 6) is -0.817. The van der Waals surface area contributed by atoms with Crippen LogP contribution < -0.4 is 5.32 Å². The zero-order valence-electron chi connectivity index (χ0n) is 11.2. The van der Waals surface area contributed by atoms with E-state index in [0.717, 1.165) is 17.0 Å². The van der Waals surface area contributed by atoms with Gasteiger partial charge in [-0.3, -0.25) is 4.90 Å². The number of rotatable bonds is 4. The van der Waals surface area contributed by atoms with Crippen molar-refractivity contribution in [1.29, 1.82) is 0 Å². The van der Waals surface area contributed by atoms with Gasteiger partial charge in [-0.05, 0) is 44.4 Å². The molecule has 0 amide bonds. The zero-order valence-corrected chi connectivity index (χ0v) is 12.0. The topological polar surface area (TPSA) is 52.6 Å². The zero-order chi connectivity index (χ0) is 13.4. The second kappa shape index (κ2) is 5.23. The molecule has 0 spiro atoms. The molecule has 2 N–H and O–H groups in total. The third-order valence-corrected chi connectivity index (χ3v) is 5.47. The van der Waals surface area contributed by atoms with Crippen molar-refractivity contribution in [3.8, 4) is 0 Å². The molecular formula is C14H20N2O2S. The van der Waals surface area contributed by atoms with Crippen molar-refractivity contribution >= 4 is 17.3 Å². The third-order valence-electron chi connectivity index (χ3n) is 4.39. The van der Waals surface area contributed by atoms with Gasteiger partial charge in [0, 0.05) is 30.1 Å². The van der Waals surface area contributed by atoms with Crippen molar-refractivity contribution < 1.29 is 9.90 Å². The molecule has 3 heterocycles. The number of hydrogen-bond donors (Lipinski definition) is 2. The van der Waals surface area contributed by atoms with Crippen molar-refractivity contribution in [2.24, 2.45) is 0 Å². The molecular weight excluding hydrogens is 260 g/mol. The van der Waals surface area contributed by atoms with E-state index in [-0.39, 0.29) is 0 Å². The Kier molecular flexibility index (Phi) is 3.60.